The number of carbonyl (C=O) groups is 1. The molecule has 3 N–H and O–H groups in total. The molecule has 5 rings (SSSR count). The zero-order valence-electron chi connectivity index (χ0n) is 23.9. The minimum Gasteiger partial charge on any atom is -0.358 e. The number of amides is 1. The number of nitrogens with one attached hydrogen (secondary N) is 3. The summed E-state index contributed by atoms with van der Waals surface area (Å²) >= 11 is 7.53. The molecule has 4 heterocycles. The van der Waals surface area contributed by atoms with Crippen molar-refractivity contribution < 1.29 is 22.7 Å². The third-order valence-electron chi connectivity index (χ3n) is 8.16. The van der Waals surface area contributed by atoms with E-state index in [2.05, 4.69) is 39.4 Å². The summed E-state index contributed by atoms with van der Waals surface area (Å²) in [4.78, 5) is 18.0. The van der Waals surface area contributed by atoms with Crippen molar-refractivity contribution in [1.29, 1.82) is 0 Å². The van der Waals surface area contributed by atoms with Crippen LogP contribution in [0, 0.1) is 18.3 Å². The fraction of sp³-hybridized carbons (Fsp3) is 0.607. The van der Waals surface area contributed by atoms with E-state index in [1.54, 1.807) is 29.4 Å². The van der Waals surface area contributed by atoms with Gasteiger partial charge in [-0.3, -0.25) is 19.2 Å². The molecule has 1 saturated carbocycles. The van der Waals surface area contributed by atoms with Crippen LogP contribution in [-0.4, -0.2) is 51.8 Å². The van der Waals surface area contributed by atoms with Gasteiger partial charge in [-0.05, 0) is 102 Å². The van der Waals surface area contributed by atoms with Crippen LogP contribution in [0.2, 0.25) is 5.15 Å². The number of nitrogens with zero attached hydrogens (tertiary/aromatic N) is 4. The number of pyridine rings is 1. The Hall–Kier alpha value is -2.32. The molecule has 1 aliphatic carbocycles. The number of rotatable bonds is 12. The molecule has 230 valence electrons. The minimum absolute atomic E-state index is 0.0167. The van der Waals surface area contributed by atoms with Gasteiger partial charge in [0.1, 0.15) is 17.2 Å². The van der Waals surface area contributed by atoms with E-state index in [0.29, 0.717) is 11.7 Å². The standard InChI is InChI=1S/C28H37ClF3N7O2S/c1-18-21(17-38(35-18)12-4-5-19-15-26(2,3)33-16-19)42-37-25(40)20-6-7-22(34-24(20)29)39-13-8-23(36-39)41-14-11-27(9-10-27)28(30,31)32/h6-8,13,17,19,23,33,36H,4-5,9-12,14-16H2,1-3H3,(H,37,40). The Bertz CT molecular complexity index is 1310. The van der Waals surface area contributed by atoms with Crippen molar-refractivity contribution in [2.24, 2.45) is 11.3 Å². The Kier molecular flexibility index (Phi) is 9.15. The molecule has 1 amide bonds. The molecule has 3 aliphatic rings. The first-order valence-corrected chi connectivity index (χ1v) is 15.4. The van der Waals surface area contributed by atoms with Crippen molar-refractivity contribution in [1.82, 2.24) is 30.2 Å². The Labute approximate surface area is 253 Å². The molecule has 2 fully saturated rings. The molecule has 2 atom stereocenters. The van der Waals surface area contributed by atoms with Crippen LogP contribution in [0.1, 0.15) is 68.4 Å². The van der Waals surface area contributed by atoms with Gasteiger partial charge in [0.2, 0.25) is 0 Å². The highest BCUT2D eigenvalue weighted by Gasteiger charge is 2.62. The van der Waals surface area contributed by atoms with Crippen LogP contribution in [-0.2, 0) is 11.3 Å². The number of aryl methyl sites for hydroxylation is 2. The quantitative estimate of drug-likeness (QED) is 0.202. The maximum Gasteiger partial charge on any atom is 0.394 e. The van der Waals surface area contributed by atoms with Crippen LogP contribution in [0.15, 0.2) is 35.5 Å². The first kappa shape index (κ1) is 31.1. The molecule has 0 spiro atoms. The van der Waals surface area contributed by atoms with E-state index in [9.17, 15) is 18.0 Å². The summed E-state index contributed by atoms with van der Waals surface area (Å²) in [5.74, 6) is 0.708. The predicted octanol–water partition coefficient (Wildman–Crippen LogP) is 5.76. The van der Waals surface area contributed by atoms with Crippen LogP contribution >= 0.6 is 23.5 Å². The summed E-state index contributed by atoms with van der Waals surface area (Å²) in [5, 5.41) is 9.72. The Morgan fingerprint density at radius 3 is 2.76 bits per heavy atom. The number of hydrogen-bond donors (Lipinski definition) is 3. The molecule has 42 heavy (non-hydrogen) atoms. The summed E-state index contributed by atoms with van der Waals surface area (Å²) in [6.07, 6.45) is 4.11. The van der Waals surface area contributed by atoms with E-state index in [0.717, 1.165) is 36.5 Å². The van der Waals surface area contributed by atoms with Crippen molar-refractivity contribution in [2.75, 3.05) is 18.2 Å². The zero-order valence-corrected chi connectivity index (χ0v) is 25.5. The van der Waals surface area contributed by atoms with Crippen molar-refractivity contribution in [3.63, 3.8) is 0 Å². The van der Waals surface area contributed by atoms with Crippen LogP contribution in [0.25, 0.3) is 0 Å². The average molecular weight is 628 g/mol. The lowest BCUT2D eigenvalue weighted by Gasteiger charge is -2.22. The number of alkyl halides is 3. The summed E-state index contributed by atoms with van der Waals surface area (Å²) < 4.78 is 49.7. The van der Waals surface area contributed by atoms with Crippen molar-refractivity contribution in [2.45, 2.75) is 88.7 Å². The van der Waals surface area contributed by atoms with E-state index in [1.807, 2.05) is 17.8 Å². The summed E-state index contributed by atoms with van der Waals surface area (Å²) in [6.45, 7) is 8.26. The molecule has 9 nitrogen and oxygen atoms in total. The van der Waals surface area contributed by atoms with E-state index in [1.165, 1.54) is 18.4 Å². The van der Waals surface area contributed by atoms with Gasteiger partial charge >= 0.3 is 6.18 Å². The summed E-state index contributed by atoms with van der Waals surface area (Å²) in [7, 11) is 0. The lowest BCUT2D eigenvalue weighted by molar-refractivity contribution is -0.192. The topological polar surface area (TPSA) is 96.3 Å². The Morgan fingerprint density at radius 1 is 1.31 bits per heavy atom. The van der Waals surface area contributed by atoms with Gasteiger partial charge in [0, 0.05) is 31.1 Å². The molecule has 2 aromatic rings. The molecule has 0 radical (unpaired) electrons. The maximum absolute atomic E-state index is 13.1. The lowest BCUT2D eigenvalue weighted by atomic mass is 9.94. The number of hydrazine groups is 1. The molecule has 0 aromatic carbocycles. The molecule has 2 unspecified atom stereocenters. The molecular weight excluding hydrogens is 591 g/mol. The van der Waals surface area contributed by atoms with Gasteiger partial charge in [0.25, 0.3) is 5.91 Å². The molecule has 0 bridgehead atoms. The van der Waals surface area contributed by atoms with Gasteiger partial charge < -0.3 is 10.1 Å². The second-order valence-electron chi connectivity index (χ2n) is 12.0. The molecule has 14 heteroatoms. The van der Waals surface area contributed by atoms with E-state index < -0.39 is 23.7 Å². The first-order chi connectivity index (χ1) is 19.8. The molecule has 1 saturated heterocycles. The second-order valence-corrected chi connectivity index (χ2v) is 13.2. The number of hydrogen-bond acceptors (Lipinski definition) is 8. The van der Waals surface area contributed by atoms with E-state index >= 15 is 0 Å². The fourth-order valence-corrected chi connectivity index (χ4v) is 6.37. The van der Waals surface area contributed by atoms with Gasteiger partial charge in [-0.15, -0.1) is 0 Å². The minimum atomic E-state index is -4.19. The van der Waals surface area contributed by atoms with Gasteiger partial charge in [-0.25, -0.2) is 4.98 Å². The SMILES string of the molecule is Cc1nn(CCCC2CNC(C)(C)C2)cc1SNC(=O)c1ccc(N2C=CC(OCCC3(C(F)(F)F)CC3)N2)nc1Cl. The van der Waals surface area contributed by atoms with Crippen LogP contribution in [0.3, 0.4) is 0 Å². The monoisotopic (exact) mass is 627 g/mol. The molecular formula is C28H37ClF3N7O2S. The number of aromatic nitrogens is 3. The number of halogens is 4. The number of carbonyl (C=O) groups excluding carboxylic acids is 1. The smallest absolute Gasteiger partial charge is 0.358 e. The zero-order chi connectivity index (χ0) is 30.1. The number of ether oxygens (including phenoxy) is 1. The highest BCUT2D eigenvalue weighted by Crippen LogP contribution is 2.59. The lowest BCUT2D eigenvalue weighted by Crippen LogP contribution is -2.38. The Morgan fingerprint density at radius 2 is 2.10 bits per heavy atom. The highest BCUT2D eigenvalue weighted by atomic mass is 35.5. The Balaban J connectivity index is 1.06. The normalized spacial score (nSPS) is 22.6. The fourth-order valence-electron chi connectivity index (χ4n) is 5.46. The summed E-state index contributed by atoms with van der Waals surface area (Å²) in [6, 6.07) is 3.19. The van der Waals surface area contributed by atoms with Crippen LogP contribution < -0.4 is 20.5 Å². The average Bonchev–Trinajstić information content (AvgIpc) is 3.24. The maximum atomic E-state index is 13.1. The molecule has 2 aromatic heterocycles. The van der Waals surface area contributed by atoms with Crippen molar-refractivity contribution in [3.05, 3.63) is 47.0 Å². The van der Waals surface area contributed by atoms with Gasteiger partial charge in [-0.2, -0.15) is 23.7 Å². The summed E-state index contributed by atoms with van der Waals surface area (Å²) in [5.41, 5.74) is 2.67. The number of anilines is 1. The van der Waals surface area contributed by atoms with Gasteiger partial charge in [0.05, 0.1) is 21.6 Å². The van der Waals surface area contributed by atoms with Gasteiger partial charge in [0.15, 0.2) is 0 Å². The molecule has 2 aliphatic heterocycles. The van der Waals surface area contributed by atoms with E-state index in [-0.39, 0.29) is 42.1 Å². The van der Waals surface area contributed by atoms with Crippen LogP contribution in [0.4, 0.5) is 19.0 Å². The highest BCUT2D eigenvalue weighted by molar-refractivity contribution is 7.98. The van der Waals surface area contributed by atoms with Crippen molar-refractivity contribution >= 4 is 35.3 Å². The second kappa shape index (κ2) is 12.4. The third kappa shape index (κ3) is 7.42. The first-order valence-electron chi connectivity index (χ1n) is 14.2. The third-order valence-corrected chi connectivity index (χ3v) is 9.35. The predicted molar refractivity (Wildman–Crippen MR) is 156 cm³/mol. The largest absolute Gasteiger partial charge is 0.394 e. The van der Waals surface area contributed by atoms with Crippen LogP contribution in [0.5, 0.6) is 0 Å². The van der Waals surface area contributed by atoms with Gasteiger partial charge in [-0.1, -0.05) is 11.6 Å². The van der Waals surface area contributed by atoms with E-state index in [4.69, 9.17) is 16.3 Å². The van der Waals surface area contributed by atoms with Crippen molar-refractivity contribution in [3.8, 4) is 0 Å².